The number of aryl methyl sites for hydroxylation is 3. The van der Waals surface area contributed by atoms with Gasteiger partial charge in [-0.15, -0.1) is 0 Å². The van der Waals surface area contributed by atoms with E-state index in [1.807, 2.05) is 6.92 Å². The summed E-state index contributed by atoms with van der Waals surface area (Å²) in [6, 6.07) is 4.42. The molecule has 0 aliphatic heterocycles. The molecule has 1 aromatic carbocycles. The quantitative estimate of drug-likeness (QED) is 0.371. The third-order valence-corrected chi connectivity index (χ3v) is 3.47. The first-order valence-corrected chi connectivity index (χ1v) is 6.57. The van der Waals surface area contributed by atoms with Gasteiger partial charge in [-0.2, -0.15) is 0 Å². The van der Waals surface area contributed by atoms with E-state index in [0.29, 0.717) is 0 Å². The maximum Gasteiger partial charge on any atom is 0.143 e. The summed E-state index contributed by atoms with van der Waals surface area (Å²) in [5, 5.41) is 11.7. The first-order chi connectivity index (χ1) is 8.85. The number of hydrogen-bond donors (Lipinski definition) is 2. The van der Waals surface area contributed by atoms with E-state index < -0.39 is 0 Å². The minimum absolute atomic E-state index is 0.0426. The molecular formula is C15H25N3O. The van der Waals surface area contributed by atoms with Gasteiger partial charge in [-0.25, -0.2) is 0 Å². The van der Waals surface area contributed by atoms with Crippen LogP contribution in [0.2, 0.25) is 0 Å². The number of hydrogen-bond acceptors (Lipinski definition) is 3. The van der Waals surface area contributed by atoms with Crippen LogP contribution in [0, 0.1) is 26.7 Å². The predicted octanol–water partition coefficient (Wildman–Crippen LogP) is 2.43. The fourth-order valence-electron chi connectivity index (χ4n) is 2.45. The molecule has 0 spiro atoms. The lowest BCUT2D eigenvalue weighted by molar-refractivity contribution is 0.290. The molecule has 0 aromatic heterocycles. The maximum absolute atomic E-state index is 8.67. The van der Waals surface area contributed by atoms with E-state index in [0.717, 1.165) is 13.1 Å². The van der Waals surface area contributed by atoms with Gasteiger partial charge >= 0.3 is 0 Å². The molecule has 4 heteroatoms. The van der Waals surface area contributed by atoms with E-state index in [9.17, 15) is 0 Å². The highest BCUT2D eigenvalue weighted by Gasteiger charge is 2.13. The fraction of sp³-hybridized carbons (Fsp3) is 0.533. The van der Waals surface area contributed by atoms with E-state index >= 15 is 0 Å². The number of benzene rings is 1. The minimum atomic E-state index is 0.0426. The van der Waals surface area contributed by atoms with Crippen LogP contribution in [0.4, 0.5) is 0 Å². The third-order valence-electron chi connectivity index (χ3n) is 3.47. The van der Waals surface area contributed by atoms with Crippen LogP contribution in [0.1, 0.15) is 29.2 Å². The lowest BCUT2D eigenvalue weighted by Gasteiger charge is -2.22. The van der Waals surface area contributed by atoms with Crippen molar-refractivity contribution in [2.24, 2.45) is 16.8 Å². The first kappa shape index (κ1) is 15.5. The molecule has 0 heterocycles. The molecule has 1 rings (SSSR count). The van der Waals surface area contributed by atoms with Crippen molar-refractivity contribution in [2.45, 2.75) is 34.2 Å². The molecule has 4 nitrogen and oxygen atoms in total. The van der Waals surface area contributed by atoms with Crippen molar-refractivity contribution in [2.75, 3.05) is 13.6 Å². The minimum Gasteiger partial charge on any atom is -0.409 e. The lowest BCUT2D eigenvalue weighted by atomic mass is 9.99. The highest BCUT2D eigenvalue weighted by Crippen LogP contribution is 2.18. The summed E-state index contributed by atoms with van der Waals surface area (Å²) in [7, 11) is 2.06. The molecule has 0 bridgehead atoms. The zero-order chi connectivity index (χ0) is 14.6. The van der Waals surface area contributed by atoms with Crippen molar-refractivity contribution >= 4 is 5.84 Å². The van der Waals surface area contributed by atoms with Crippen molar-refractivity contribution in [3.63, 3.8) is 0 Å². The molecule has 0 saturated carbocycles. The Morgan fingerprint density at radius 3 is 2.32 bits per heavy atom. The Hall–Kier alpha value is -1.55. The molecule has 0 amide bonds. The van der Waals surface area contributed by atoms with Crippen LogP contribution in [0.15, 0.2) is 17.3 Å². The van der Waals surface area contributed by atoms with E-state index in [-0.39, 0.29) is 11.8 Å². The monoisotopic (exact) mass is 263 g/mol. The summed E-state index contributed by atoms with van der Waals surface area (Å²) >= 11 is 0. The van der Waals surface area contributed by atoms with Crippen LogP contribution in [0.5, 0.6) is 0 Å². The standard InChI is InChI=1S/C15H25N3O/c1-10-6-11(2)14(12(3)7-10)9-18(5)8-13(4)15(16)17-19/h6-7,13,19H,8-9H2,1-5H3,(H2,16,17). The number of nitrogens with two attached hydrogens (primary N) is 1. The Labute approximate surface area is 115 Å². The first-order valence-electron chi connectivity index (χ1n) is 6.57. The average Bonchev–Trinajstić information content (AvgIpc) is 2.32. The zero-order valence-electron chi connectivity index (χ0n) is 12.6. The normalized spacial score (nSPS) is 13.9. The highest BCUT2D eigenvalue weighted by molar-refractivity contribution is 5.82. The summed E-state index contributed by atoms with van der Waals surface area (Å²) in [4.78, 5) is 2.20. The molecule has 0 fully saturated rings. The van der Waals surface area contributed by atoms with Crippen molar-refractivity contribution in [3.05, 3.63) is 34.4 Å². The molecule has 1 aromatic rings. The van der Waals surface area contributed by atoms with Gasteiger partial charge in [-0.05, 0) is 44.5 Å². The smallest absolute Gasteiger partial charge is 0.143 e. The van der Waals surface area contributed by atoms with E-state index in [4.69, 9.17) is 10.9 Å². The van der Waals surface area contributed by atoms with Gasteiger partial charge in [-0.3, -0.25) is 0 Å². The van der Waals surface area contributed by atoms with Crippen LogP contribution in [0.25, 0.3) is 0 Å². The Morgan fingerprint density at radius 1 is 1.32 bits per heavy atom. The Bertz CT molecular complexity index is 445. The van der Waals surface area contributed by atoms with Crippen LogP contribution in [-0.2, 0) is 6.54 Å². The van der Waals surface area contributed by atoms with Gasteiger partial charge in [0.2, 0.25) is 0 Å². The van der Waals surface area contributed by atoms with Crippen LogP contribution in [0.3, 0.4) is 0 Å². The summed E-state index contributed by atoms with van der Waals surface area (Å²) in [5.74, 6) is 0.324. The van der Waals surface area contributed by atoms with Crippen molar-refractivity contribution in [1.82, 2.24) is 4.90 Å². The number of rotatable bonds is 5. The van der Waals surface area contributed by atoms with E-state index in [1.165, 1.54) is 22.3 Å². The summed E-state index contributed by atoms with van der Waals surface area (Å²) in [5.41, 5.74) is 10.9. The van der Waals surface area contributed by atoms with Crippen molar-refractivity contribution < 1.29 is 5.21 Å². The number of nitrogens with zero attached hydrogens (tertiary/aromatic N) is 2. The molecule has 106 valence electrons. The van der Waals surface area contributed by atoms with Gasteiger partial charge in [0.05, 0.1) is 0 Å². The van der Waals surface area contributed by atoms with Crippen LogP contribution < -0.4 is 5.73 Å². The van der Waals surface area contributed by atoms with Gasteiger partial charge in [0.15, 0.2) is 0 Å². The summed E-state index contributed by atoms with van der Waals surface area (Å²) in [6.07, 6.45) is 0. The topological polar surface area (TPSA) is 61.8 Å². The lowest BCUT2D eigenvalue weighted by Crippen LogP contribution is -2.32. The van der Waals surface area contributed by atoms with Gasteiger partial charge in [0.25, 0.3) is 0 Å². The van der Waals surface area contributed by atoms with Crippen molar-refractivity contribution in [3.8, 4) is 0 Å². The van der Waals surface area contributed by atoms with Crippen LogP contribution in [-0.4, -0.2) is 29.5 Å². The molecule has 1 atom stereocenters. The number of amidine groups is 1. The predicted molar refractivity (Wildman–Crippen MR) is 79.6 cm³/mol. The SMILES string of the molecule is Cc1cc(C)c(CN(C)CC(C)C(N)=NO)c(C)c1. The van der Waals surface area contributed by atoms with Gasteiger partial charge in [0.1, 0.15) is 5.84 Å². The second-order valence-electron chi connectivity index (χ2n) is 5.50. The molecule has 19 heavy (non-hydrogen) atoms. The third kappa shape index (κ3) is 4.24. The molecule has 0 aliphatic carbocycles. The van der Waals surface area contributed by atoms with Gasteiger partial charge in [0, 0.05) is 19.0 Å². The largest absolute Gasteiger partial charge is 0.409 e. The molecular weight excluding hydrogens is 238 g/mol. The van der Waals surface area contributed by atoms with Gasteiger partial charge < -0.3 is 15.8 Å². The fourth-order valence-corrected chi connectivity index (χ4v) is 2.45. The zero-order valence-corrected chi connectivity index (χ0v) is 12.6. The summed E-state index contributed by atoms with van der Waals surface area (Å²) in [6.45, 7) is 10.0. The highest BCUT2D eigenvalue weighted by atomic mass is 16.4. The second kappa shape index (κ2) is 6.57. The van der Waals surface area contributed by atoms with Crippen LogP contribution >= 0.6 is 0 Å². The Balaban J connectivity index is 2.75. The maximum atomic E-state index is 8.67. The molecule has 0 radical (unpaired) electrons. The van der Waals surface area contributed by atoms with Crippen molar-refractivity contribution in [1.29, 1.82) is 0 Å². The second-order valence-corrected chi connectivity index (χ2v) is 5.50. The number of oxime groups is 1. The molecule has 0 aliphatic rings. The molecule has 3 N–H and O–H groups in total. The Kier molecular flexibility index (Phi) is 5.36. The summed E-state index contributed by atoms with van der Waals surface area (Å²) < 4.78 is 0. The molecule has 0 saturated heterocycles. The van der Waals surface area contributed by atoms with Gasteiger partial charge in [-0.1, -0.05) is 29.8 Å². The van der Waals surface area contributed by atoms with E-state index in [1.54, 1.807) is 0 Å². The molecule has 1 unspecified atom stereocenters. The Morgan fingerprint density at radius 2 is 1.84 bits per heavy atom. The van der Waals surface area contributed by atoms with E-state index in [2.05, 4.69) is 50.0 Å². The average molecular weight is 263 g/mol.